The maximum absolute atomic E-state index is 13.4. The molecule has 1 aliphatic rings. The number of hydrogen-bond donors (Lipinski definition) is 2. The Kier molecular flexibility index (Phi) is 9.19. The maximum atomic E-state index is 13.4. The molecule has 1 heterocycles. The zero-order valence-corrected chi connectivity index (χ0v) is 22.8. The smallest absolute Gasteiger partial charge is 0.257 e. The Morgan fingerprint density at radius 2 is 1.59 bits per heavy atom. The van der Waals surface area contributed by atoms with Crippen LogP contribution in [0.1, 0.15) is 46.5 Å². The molecule has 0 unspecified atom stereocenters. The average Bonchev–Trinajstić information content (AvgIpc) is 2.92. The molecule has 3 aromatic carbocycles. The summed E-state index contributed by atoms with van der Waals surface area (Å²) in [6, 6.07) is 17.8. The van der Waals surface area contributed by atoms with E-state index < -0.39 is 0 Å². The van der Waals surface area contributed by atoms with Crippen LogP contribution in [0.4, 0.5) is 15.8 Å². The van der Waals surface area contributed by atoms with Gasteiger partial charge in [0.15, 0.2) is 0 Å². The molecular weight excluding hydrogens is 519 g/mol. The van der Waals surface area contributed by atoms with Crippen LogP contribution in [0, 0.1) is 11.7 Å². The summed E-state index contributed by atoms with van der Waals surface area (Å²) < 4.78 is 13.3. The number of carbonyl (C=O) groups is 3. The number of anilines is 2. The summed E-state index contributed by atoms with van der Waals surface area (Å²) in [6.45, 7) is 6.54. The van der Waals surface area contributed by atoms with Crippen LogP contribution in [0.5, 0.6) is 0 Å². The van der Waals surface area contributed by atoms with Crippen LogP contribution in [0.25, 0.3) is 0 Å². The number of piperazine rings is 1. The normalized spacial score (nSPS) is 13.4. The lowest BCUT2D eigenvalue weighted by Crippen LogP contribution is -2.49. The van der Waals surface area contributed by atoms with Gasteiger partial charge >= 0.3 is 0 Å². The van der Waals surface area contributed by atoms with Crippen LogP contribution in [-0.2, 0) is 11.3 Å². The fraction of sp³-hybridized carbons (Fsp3) is 0.300. The van der Waals surface area contributed by atoms with E-state index in [2.05, 4.69) is 15.5 Å². The Morgan fingerprint density at radius 1 is 0.897 bits per heavy atom. The molecule has 1 fully saturated rings. The van der Waals surface area contributed by atoms with E-state index in [1.54, 1.807) is 54.6 Å². The van der Waals surface area contributed by atoms with Gasteiger partial charge in [0.1, 0.15) is 5.82 Å². The van der Waals surface area contributed by atoms with Gasteiger partial charge in [0, 0.05) is 50.5 Å². The Balaban J connectivity index is 1.54. The number of halogens is 2. The van der Waals surface area contributed by atoms with Gasteiger partial charge in [0.25, 0.3) is 11.8 Å². The third-order valence-electron chi connectivity index (χ3n) is 6.54. The highest BCUT2D eigenvalue weighted by atomic mass is 35.5. The number of hydrogen-bond acceptors (Lipinski definition) is 4. The van der Waals surface area contributed by atoms with Gasteiger partial charge in [0.2, 0.25) is 5.91 Å². The minimum Gasteiger partial charge on any atom is -0.367 e. The monoisotopic (exact) mass is 550 g/mol. The first-order valence-electron chi connectivity index (χ1n) is 13.0. The molecule has 0 spiro atoms. The molecule has 2 N–H and O–H groups in total. The van der Waals surface area contributed by atoms with Crippen molar-refractivity contribution < 1.29 is 18.8 Å². The molecule has 9 heteroatoms. The highest BCUT2D eigenvalue weighted by Crippen LogP contribution is 2.27. The predicted molar refractivity (Wildman–Crippen MR) is 152 cm³/mol. The van der Waals surface area contributed by atoms with Crippen molar-refractivity contribution >= 4 is 40.7 Å². The van der Waals surface area contributed by atoms with Crippen molar-refractivity contribution in [2.75, 3.05) is 36.4 Å². The highest BCUT2D eigenvalue weighted by molar-refractivity contribution is 6.34. The minimum atomic E-state index is -0.386. The summed E-state index contributed by atoms with van der Waals surface area (Å²) in [5.41, 5.74) is 2.62. The second-order valence-electron chi connectivity index (χ2n) is 9.94. The number of benzene rings is 3. The summed E-state index contributed by atoms with van der Waals surface area (Å²) in [5, 5.41) is 6.05. The number of rotatable bonds is 8. The summed E-state index contributed by atoms with van der Waals surface area (Å²) in [7, 11) is 0. The first-order chi connectivity index (χ1) is 18.7. The quantitative estimate of drug-likeness (QED) is 0.396. The van der Waals surface area contributed by atoms with Crippen LogP contribution in [0.15, 0.2) is 66.7 Å². The molecule has 1 aliphatic heterocycles. The van der Waals surface area contributed by atoms with Gasteiger partial charge in [-0.25, -0.2) is 4.39 Å². The Labute approximate surface area is 232 Å². The van der Waals surface area contributed by atoms with Crippen molar-refractivity contribution in [1.29, 1.82) is 0 Å². The van der Waals surface area contributed by atoms with Crippen molar-refractivity contribution in [2.45, 2.75) is 26.8 Å². The second-order valence-corrected chi connectivity index (χ2v) is 10.3. The van der Waals surface area contributed by atoms with Crippen LogP contribution < -0.4 is 15.5 Å². The molecule has 0 aliphatic carbocycles. The van der Waals surface area contributed by atoms with E-state index in [-0.39, 0.29) is 30.1 Å². The second kappa shape index (κ2) is 12.8. The highest BCUT2D eigenvalue weighted by Gasteiger charge is 2.25. The number of amides is 3. The number of nitrogens with zero attached hydrogens (tertiary/aromatic N) is 2. The van der Waals surface area contributed by atoms with Crippen LogP contribution in [0.2, 0.25) is 5.02 Å². The van der Waals surface area contributed by atoms with Gasteiger partial charge in [-0.3, -0.25) is 14.4 Å². The zero-order valence-electron chi connectivity index (χ0n) is 22.0. The van der Waals surface area contributed by atoms with Gasteiger partial charge in [-0.1, -0.05) is 49.7 Å². The van der Waals surface area contributed by atoms with Gasteiger partial charge < -0.3 is 20.4 Å². The predicted octanol–water partition coefficient (Wildman–Crippen LogP) is 5.36. The SMILES string of the molecule is CC(C)CC(=O)N1CCN(c2ccc(NC(=O)c3ccccc3Cl)cc2C(=O)NCc2ccc(F)cc2)CC1. The van der Waals surface area contributed by atoms with Crippen molar-refractivity contribution in [3.8, 4) is 0 Å². The molecule has 3 amide bonds. The molecule has 0 atom stereocenters. The zero-order chi connectivity index (χ0) is 27.9. The van der Waals surface area contributed by atoms with Crippen molar-refractivity contribution in [1.82, 2.24) is 10.2 Å². The fourth-order valence-electron chi connectivity index (χ4n) is 4.47. The molecule has 7 nitrogen and oxygen atoms in total. The summed E-state index contributed by atoms with van der Waals surface area (Å²) >= 11 is 6.18. The van der Waals surface area contributed by atoms with Gasteiger partial charge in [-0.2, -0.15) is 0 Å². The van der Waals surface area contributed by atoms with E-state index in [1.165, 1.54) is 12.1 Å². The van der Waals surface area contributed by atoms with E-state index in [1.807, 2.05) is 18.7 Å². The number of nitrogens with one attached hydrogen (secondary N) is 2. The molecule has 0 radical (unpaired) electrons. The molecule has 39 heavy (non-hydrogen) atoms. The maximum Gasteiger partial charge on any atom is 0.257 e. The van der Waals surface area contributed by atoms with Crippen molar-refractivity contribution in [2.24, 2.45) is 5.92 Å². The molecule has 0 bridgehead atoms. The number of carbonyl (C=O) groups excluding carboxylic acids is 3. The summed E-state index contributed by atoms with van der Waals surface area (Å²) in [6.07, 6.45) is 0.511. The lowest BCUT2D eigenvalue weighted by Gasteiger charge is -2.37. The molecule has 204 valence electrons. The fourth-order valence-corrected chi connectivity index (χ4v) is 4.69. The standard InChI is InChI=1S/C30H32ClFN4O3/c1-20(2)17-28(37)36-15-13-35(14-16-36)27-12-11-23(34-30(39)24-5-3-4-6-26(24)31)18-25(27)29(38)33-19-21-7-9-22(32)10-8-21/h3-12,18,20H,13-17,19H2,1-2H3,(H,33,38)(H,34,39). The Morgan fingerprint density at radius 3 is 2.26 bits per heavy atom. The molecule has 4 rings (SSSR count). The molecule has 0 saturated carbocycles. The van der Waals surface area contributed by atoms with Crippen LogP contribution in [-0.4, -0.2) is 48.8 Å². The van der Waals surface area contributed by atoms with E-state index in [4.69, 9.17) is 11.6 Å². The lowest BCUT2D eigenvalue weighted by atomic mass is 10.1. The van der Waals surface area contributed by atoms with Crippen LogP contribution in [0.3, 0.4) is 0 Å². The largest absolute Gasteiger partial charge is 0.367 e. The van der Waals surface area contributed by atoms with Crippen molar-refractivity contribution in [3.05, 3.63) is 94.3 Å². The summed E-state index contributed by atoms with van der Waals surface area (Å²) in [4.78, 5) is 42.7. The molecule has 0 aromatic heterocycles. The molecular formula is C30H32ClFN4O3. The topological polar surface area (TPSA) is 81.8 Å². The Bertz CT molecular complexity index is 1340. The van der Waals surface area contributed by atoms with Gasteiger partial charge in [-0.15, -0.1) is 0 Å². The third kappa shape index (κ3) is 7.35. The van der Waals surface area contributed by atoms with E-state index in [9.17, 15) is 18.8 Å². The molecule has 1 saturated heterocycles. The average molecular weight is 551 g/mol. The van der Waals surface area contributed by atoms with Crippen molar-refractivity contribution in [3.63, 3.8) is 0 Å². The Hall–Kier alpha value is -3.91. The first-order valence-corrected chi connectivity index (χ1v) is 13.3. The van der Waals surface area contributed by atoms with E-state index >= 15 is 0 Å². The minimum absolute atomic E-state index is 0.138. The summed E-state index contributed by atoms with van der Waals surface area (Å²) in [5.74, 6) is -0.634. The lowest BCUT2D eigenvalue weighted by molar-refractivity contribution is -0.132. The van der Waals surface area contributed by atoms with Gasteiger partial charge in [-0.05, 0) is 53.9 Å². The van der Waals surface area contributed by atoms with E-state index in [0.717, 1.165) is 5.56 Å². The first kappa shape index (κ1) is 28.1. The third-order valence-corrected chi connectivity index (χ3v) is 6.87. The van der Waals surface area contributed by atoms with E-state index in [0.29, 0.717) is 66.0 Å². The van der Waals surface area contributed by atoms with Gasteiger partial charge in [0.05, 0.1) is 16.1 Å². The molecule has 3 aromatic rings. The van der Waals surface area contributed by atoms with Crippen LogP contribution >= 0.6 is 11.6 Å².